The Kier molecular flexibility index (Phi) is 4.64. The highest BCUT2D eigenvalue weighted by atomic mass is 16.4. The number of carbonyl (C=O) groups is 2. The van der Waals surface area contributed by atoms with Crippen LogP contribution in [-0.4, -0.2) is 23.1 Å². The third kappa shape index (κ3) is 4.89. The standard InChI is InChI=1S/C7H13N3O3/c1-4(2)5(3-6(11)12)9-7(13)10-8/h4-5,8H,3H2,1-2H3,(H,9,13)(H,11,12). The zero-order valence-corrected chi connectivity index (χ0v) is 7.57. The van der Waals surface area contributed by atoms with Crippen LogP contribution in [0.2, 0.25) is 0 Å². The van der Waals surface area contributed by atoms with Gasteiger partial charge in [0.25, 0.3) is 0 Å². The Balaban J connectivity index is 4.17. The van der Waals surface area contributed by atoms with Crippen LogP contribution in [0.1, 0.15) is 20.3 Å². The summed E-state index contributed by atoms with van der Waals surface area (Å²) in [5.41, 5.74) is 6.39. The van der Waals surface area contributed by atoms with Gasteiger partial charge in [0.15, 0.2) is 0 Å². The van der Waals surface area contributed by atoms with E-state index in [1.54, 1.807) is 13.8 Å². The first-order chi connectivity index (χ1) is 5.97. The van der Waals surface area contributed by atoms with E-state index in [9.17, 15) is 9.59 Å². The number of amides is 2. The summed E-state index contributed by atoms with van der Waals surface area (Å²) in [6.45, 7) is 3.58. The maximum Gasteiger partial charge on any atom is 0.359 e. The van der Waals surface area contributed by atoms with E-state index in [1.165, 1.54) is 0 Å². The number of nitrogens with one attached hydrogen (secondary N) is 2. The molecule has 0 bridgehead atoms. The van der Waals surface area contributed by atoms with E-state index < -0.39 is 18.0 Å². The highest BCUT2D eigenvalue weighted by molar-refractivity contribution is 5.75. The summed E-state index contributed by atoms with van der Waals surface area (Å²) < 4.78 is 0. The molecule has 0 saturated carbocycles. The Hall–Kier alpha value is -1.46. The monoisotopic (exact) mass is 187 g/mol. The van der Waals surface area contributed by atoms with Gasteiger partial charge in [-0.15, -0.1) is 0 Å². The number of carboxylic acids is 1. The van der Waals surface area contributed by atoms with Gasteiger partial charge in [-0.05, 0) is 5.92 Å². The molecule has 0 saturated heterocycles. The van der Waals surface area contributed by atoms with Crippen molar-refractivity contribution < 1.29 is 14.7 Å². The molecule has 3 N–H and O–H groups in total. The largest absolute Gasteiger partial charge is 0.481 e. The first kappa shape index (κ1) is 11.5. The second-order valence-corrected chi connectivity index (χ2v) is 3.01. The molecule has 0 aliphatic carbocycles. The van der Waals surface area contributed by atoms with Gasteiger partial charge in [-0.25, -0.2) is 4.79 Å². The molecule has 0 aromatic heterocycles. The highest BCUT2D eigenvalue weighted by Gasteiger charge is 2.18. The minimum Gasteiger partial charge on any atom is -0.481 e. The summed E-state index contributed by atoms with van der Waals surface area (Å²) in [7, 11) is 0. The molecule has 2 amide bonds. The lowest BCUT2D eigenvalue weighted by Gasteiger charge is -2.18. The molecule has 13 heavy (non-hydrogen) atoms. The molecule has 74 valence electrons. The number of nitrogens with zero attached hydrogens (tertiary/aromatic N) is 1. The van der Waals surface area contributed by atoms with Crippen molar-refractivity contribution in [1.29, 1.82) is 5.53 Å². The fourth-order valence-corrected chi connectivity index (χ4v) is 0.832. The summed E-state index contributed by atoms with van der Waals surface area (Å²) in [5.74, 6) is -0.981. The average molecular weight is 187 g/mol. The van der Waals surface area contributed by atoms with Gasteiger partial charge in [0, 0.05) is 6.04 Å². The lowest BCUT2D eigenvalue weighted by molar-refractivity contribution is -0.137. The predicted molar refractivity (Wildman–Crippen MR) is 44.6 cm³/mol. The molecule has 1 unspecified atom stereocenters. The van der Waals surface area contributed by atoms with Crippen molar-refractivity contribution in [2.75, 3.05) is 0 Å². The minimum atomic E-state index is -0.982. The van der Waals surface area contributed by atoms with Gasteiger partial charge < -0.3 is 10.4 Å². The first-order valence-electron chi connectivity index (χ1n) is 3.87. The third-order valence-electron chi connectivity index (χ3n) is 1.61. The van der Waals surface area contributed by atoms with E-state index in [1.807, 2.05) is 0 Å². The van der Waals surface area contributed by atoms with E-state index >= 15 is 0 Å². The quantitative estimate of drug-likeness (QED) is 0.576. The second kappa shape index (κ2) is 5.23. The lowest BCUT2D eigenvalue weighted by Crippen LogP contribution is -2.38. The predicted octanol–water partition coefficient (Wildman–Crippen LogP) is 1.23. The Labute approximate surface area is 75.8 Å². The Bertz CT molecular complexity index is 215. The van der Waals surface area contributed by atoms with Gasteiger partial charge >= 0.3 is 12.0 Å². The Morgan fingerprint density at radius 3 is 2.38 bits per heavy atom. The van der Waals surface area contributed by atoms with Crippen molar-refractivity contribution in [1.82, 2.24) is 5.32 Å². The van der Waals surface area contributed by atoms with Crippen LogP contribution in [-0.2, 0) is 4.79 Å². The second-order valence-electron chi connectivity index (χ2n) is 3.01. The van der Waals surface area contributed by atoms with Crippen LogP contribution in [0.25, 0.3) is 0 Å². The number of hydrogen-bond donors (Lipinski definition) is 3. The van der Waals surface area contributed by atoms with Crippen LogP contribution in [0.3, 0.4) is 0 Å². The molecule has 0 aromatic rings. The van der Waals surface area contributed by atoms with E-state index in [2.05, 4.69) is 10.4 Å². The molecule has 0 spiro atoms. The van der Waals surface area contributed by atoms with Crippen molar-refractivity contribution >= 4 is 12.0 Å². The van der Waals surface area contributed by atoms with Crippen LogP contribution in [0.4, 0.5) is 4.79 Å². The summed E-state index contributed by atoms with van der Waals surface area (Å²) in [6, 6.07) is -1.28. The van der Waals surface area contributed by atoms with Gasteiger partial charge in [-0.2, -0.15) is 5.53 Å². The van der Waals surface area contributed by atoms with Crippen molar-refractivity contribution in [3.8, 4) is 0 Å². The van der Waals surface area contributed by atoms with E-state index in [-0.39, 0.29) is 12.3 Å². The van der Waals surface area contributed by atoms with Crippen LogP contribution in [0.5, 0.6) is 0 Å². The first-order valence-corrected chi connectivity index (χ1v) is 3.87. The minimum absolute atomic E-state index is 0.00167. The number of rotatable bonds is 4. The molecular formula is C7H13N3O3. The molecule has 0 fully saturated rings. The SMILES string of the molecule is CC(C)C(CC(=O)O)NC(=O)N=N. The number of carboxylic acid groups (broad SMARTS) is 1. The zero-order chi connectivity index (χ0) is 10.4. The van der Waals surface area contributed by atoms with E-state index in [4.69, 9.17) is 10.6 Å². The van der Waals surface area contributed by atoms with E-state index in [0.717, 1.165) is 0 Å². The summed E-state index contributed by atoms with van der Waals surface area (Å²) in [6.07, 6.45) is -0.154. The van der Waals surface area contributed by atoms with Gasteiger partial charge in [-0.3, -0.25) is 4.79 Å². The van der Waals surface area contributed by atoms with Crippen LogP contribution < -0.4 is 5.32 Å². The molecule has 0 rings (SSSR count). The fraction of sp³-hybridized carbons (Fsp3) is 0.714. The maximum absolute atomic E-state index is 10.6. The zero-order valence-electron chi connectivity index (χ0n) is 7.57. The smallest absolute Gasteiger partial charge is 0.359 e. The van der Waals surface area contributed by atoms with Crippen LogP contribution in [0, 0.1) is 11.4 Å². The third-order valence-corrected chi connectivity index (χ3v) is 1.61. The summed E-state index contributed by atoms with van der Waals surface area (Å²) in [4.78, 5) is 21.0. The van der Waals surface area contributed by atoms with Gasteiger partial charge in [0.05, 0.1) is 6.42 Å². The van der Waals surface area contributed by atoms with Crippen LogP contribution in [0.15, 0.2) is 5.11 Å². The van der Waals surface area contributed by atoms with E-state index in [0.29, 0.717) is 0 Å². The maximum atomic E-state index is 10.6. The molecule has 6 nitrogen and oxygen atoms in total. The van der Waals surface area contributed by atoms with Crippen molar-refractivity contribution in [2.24, 2.45) is 11.0 Å². The van der Waals surface area contributed by atoms with Crippen molar-refractivity contribution in [2.45, 2.75) is 26.3 Å². The summed E-state index contributed by atoms with van der Waals surface area (Å²) in [5, 5.41) is 13.4. The van der Waals surface area contributed by atoms with Gasteiger partial charge in [0.1, 0.15) is 0 Å². The van der Waals surface area contributed by atoms with Gasteiger partial charge in [0.2, 0.25) is 0 Å². The topological polar surface area (TPSA) is 103 Å². The molecule has 0 radical (unpaired) electrons. The Morgan fingerprint density at radius 1 is 1.54 bits per heavy atom. The number of aliphatic carboxylic acids is 1. The normalized spacial score (nSPS) is 12.2. The molecule has 0 aromatic carbocycles. The van der Waals surface area contributed by atoms with Crippen molar-refractivity contribution in [3.05, 3.63) is 0 Å². The molecule has 0 aliphatic heterocycles. The number of hydrogen-bond acceptors (Lipinski definition) is 3. The fourth-order valence-electron chi connectivity index (χ4n) is 0.832. The lowest BCUT2D eigenvalue weighted by atomic mass is 10.0. The number of urea groups is 1. The Morgan fingerprint density at radius 2 is 2.08 bits per heavy atom. The van der Waals surface area contributed by atoms with Gasteiger partial charge in [-0.1, -0.05) is 19.0 Å². The van der Waals surface area contributed by atoms with Crippen molar-refractivity contribution in [3.63, 3.8) is 0 Å². The number of carbonyl (C=O) groups excluding carboxylic acids is 1. The molecular weight excluding hydrogens is 174 g/mol. The van der Waals surface area contributed by atoms with Crippen LogP contribution >= 0.6 is 0 Å². The molecule has 0 heterocycles. The summed E-state index contributed by atoms with van der Waals surface area (Å²) >= 11 is 0. The molecule has 0 aliphatic rings. The molecule has 1 atom stereocenters. The molecule has 6 heteroatoms. The highest BCUT2D eigenvalue weighted by Crippen LogP contribution is 2.06. The average Bonchev–Trinajstić information content (AvgIpc) is 2.02.